The van der Waals surface area contributed by atoms with E-state index in [1.807, 2.05) is 0 Å². The second kappa shape index (κ2) is 5.79. The van der Waals surface area contributed by atoms with Gasteiger partial charge in [0.25, 0.3) is 0 Å². The molecule has 0 saturated carbocycles. The van der Waals surface area contributed by atoms with Crippen molar-refractivity contribution in [1.82, 2.24) is 9.88 Å². The van der Waals surface area contributed by atoms with Gasteiger partial charge < -0.3 is 14.7 Å². The predicted molar refractivity (Wildman–Crippen MR) is 75.2 cm³/mol. The zero-order valence-corrected chi connectivity index (χ0v) is 12.9. The Morgan fingerprint density at radius 1 is 1.45 bits per heavy atom. The van der Waals surface area contributed by atoms with Gasteiger partial charge in [-0.2, -0.15) is 13.8 Å². The highest BCUT2D eigenvalue weighted by Crippen LogP contribution is 2.27. The molecular formula is C15H20F2N2O3. The van der Waals surface area contributed by atoms with E-state index >= 15 is 0 Å². The van der Waals surface area contributed by atoms with Gasteiger partial charge in [0, 0.05) is 18.5 Å². The Hall–Kier alpha value is -1.76. The van der Waals surface area contributed by atoms with Gasteiger partial charge >= 0.3 is 6.09 Å². The molecule has 7 heteroatoms. The maximum absolute atomic E-state index is 13.6. The Labute approximate surface area is 127 Å². The molecule has 0 radical (unpaired) electrons. The van der Waals surface area contributed by atoms with Crippen molar-refractivity contribution in [3.63, 3.8) is 0 Å². The lowest BCUT2D eigenvalue weighted by molar-refractivity contribution is 0.0150. The van der Waals surface area contributed by atoms with Crippen LogP contribution in [0.2, 0.25) is 0 Å². The van der Waals surface area contributed by atoms with Crippen LogP contribution in [0.25, 0.3) is 0 Å². The van der Waals surface area contributed by atoms with Crippen molar-refractivity contribution in [2.45, 2.75) is 44.8 Å². The number of pyridine rings is 1. The molecule has 1 amide bonds. The molecule has 2 heterocycles. The number of aromatic nitrogens is 1. The van der Waals surface area contributed by atoms with Gasteiger partial charge in [-0.05, 0) is 39.3 Å². The minimum Gasteiger partial charge on any atom is -0.444 e. The number of amides is 1. The summed E-state index contributed by atoms with van der Waals surface area (Å²) in [4.78, 5) is 16.5. The smallest absolute Gasteiger partial charge is 0.410 e. The van der Waals surface area contributed by atoms with Crippen molar-refractivity contribution < 1.29 is 23.4 Å². The van der Waals surface area contributed by atoms with Gasteiger partial charge in [0.15, 0.2) is 0 Å². The van der Waals surface area contributed by atoms with Crippen LogP contribution in [0.1, 0.15) is 32.8 Å². The van der Waals surface area contributed by atoms with Crippen LogP contribution >= 0.6 is 0 Å². The quantitative estimate of drug-likeness (QED) is 0.851. The van der Waals surface area contributed by atoms with Crippen LogP contribution in [0.4, 0.5) is 13.6 Å². The molecule has 2 rings (SSSR count). The first-order valence-electron chi connectivity index (χ1n) is 7.09. The monoisotopic (exact) mass is 314 g/mol. The maximum Gasteiger partial charge on any atom is 0.410 e. The molecule has 5 nitrogen and oxygen atoms in total. The first kappa shape index (κ1) is 16.6. The minimum absolute atomic E-state index is 0.0363. The molecule has 1 aromatic rings. The van der Waals surface area contributed by atoms with Crippen molar-refractivity contribution in [2.75, 3.05) is 13.1 Å². The number of hydrogen-bond acceptors (Lipinski definition) is 4. The number of β-amino-alcohol motifs (C(OH)–C–C–N with tert-alkyl or cyclic N) is 1. The molecule has 1 saturated heterocycles. The first-order chi connectivity index (χ1) is 10.1. The molecule has 0 aromatic carbocycles. The fourth-order valence-electron chi connectivity index (χ4n) is 2.41. The maximum atomic E-state index is 13.6. The number of ether oxygens (including phenoxy) is 1. The number of aliphatic hydroxyl groups is 1. The standard InChI is InChI=1S/C15H20F2N2O3/c1-14(2,3)22-13(20)19-7-6-15(21,9-19)8-10-4-5-11(16)18-12(10)17/h4-5,21H,6-9H2,1-3H3. The first-order valence-corrected chi connectivity index (χ1v) is 7.09. The lowest BCUT2D eigenvalue weighted by atomic mass is 9.94. The number of halogens is 2. The van der Waals surface area contributed by atoms with E-state index < -0.39 is 29.2 Å². The average molecular weight is 314 g/mol. The van der Waals surface area contributed by atoms with Crippen LogP contribution in [-0.4, -0.2) is 45.4 Å². The van der Waals surface area contributed by atoms with Crippen LogP contribution < -0.4 is 0 Å². The molecular weight excluding hydrogens is 294 g/mol. The van der Waals surface area contributed by atoms with Crippen LogP contribution in [0.15, 0.2) is 12.1 Å². The van der Waals surface area contributed by atoms with Crippen LogP contribution in [0.3, 0.4) is 0 Å². The molecule has 1 fully saturated rings. The molecule has 0 aliphatic carbocycles. The summed E-state index contributed by atoms with van der Waals surface area (Å²) in [6, 6.07) is 2.30. The number of carbonyl (C=O) groups is 1. The van der Waals surface area contributed by atoms with Crippen molar-refractivity contribution in [3.8, 4) is 0 Å². The normalized spacial score (nSPS) is 22.0. The number of likely N-dealkylation sites (tertiary alicyclic amines) is 1. The van der Waals surface area contributed by atoms with Gasteiger partial charge in [-0.1, -0.05) is 0 Å². The Morgan fingerprint density at radius 2 is 2.14 bits per heavy atom. The largest absolute Gasteiger partial charge is 0.444 e. The summed E-state index contributed by atoms with van der Waals surface area (Å²) in [6.07, 6.45) is -0.254. The summed E-state index contributed by atoms with van der Waals surface area (Å²) < 4.78 is 31.6. The Balaban J connectivity index is 2.02. The van der Waals surface area contributed by atoms with Crippen LogP contribution in [0, 0.1) is 11.9 Å². The topological polar surface area (TPSA) is 62.7 Å². The highest BCUT2D eigenvalue weighted by Gasteiger charge is 2.40. The second-order valence-electron chi connectivity index (χ2n) is 6.64. The summed E-state index contributed by atoms with van der Waals surface area (Å²) in [5.74, 6) is -1.85. The summed E-state index contributed by atoms with van der Waals surface area (Å²) >= 11 is 0. The van der Waals surface area contributed by atoms with Crippen molar-refractivity contribution in [3.05, 3.63) is 29.6 Å². The van der Waals surface area contributed by atoms with Gasteiger partial charge in [0.1, 0.15) is 5.60 Å². The SMILES string of the molecule is CC(C)(C)OC(=O)N1CCC(O)(Cc2ccc(F)nc2F)C1. The van der Waals surface area contributed by atoms with Crippen molar-refractivity contribution in [1.29, 1.82) is 0 Å². The van der Waals surface area contributed by atoms with Crippen LogP contribution in [0.5, 0.6) is 0 Å². The molecule has 1 atom stereocenters. The Bertz CT molecular complexity index is 574. The van der Waals surface area contributed by atoms with Gasteiger partial charge in [0.05, 0.1) is 12.1 Å². The fraction of sp³-hybridized carbons (Fsp3) is 0.600. The Morgan fingerprint density at radius 3 is 2.73 bits per heavy atom. The third kappa shape index (κ3) is 4.13. The molecule has 0 bridgehead atoms. The summed E-state index contributed by atoms with van der Waals surface area (Å²) in [5.41, 5.74) is -1.77. The number of carbonyl (C=O) groups excluding carboxylic acids is 1. The van der Waals surface area contributed by atoms with E-state index in [9.17, 15) is 18.7 Å². The fourth-order valence-corrected chi connectivity index (χ4v) is 2.41. The Kier molecular flexibility index (Phi) is 4.37. The molecule has 1 aliphatic heterocycles. The lowest BCUT2D eigenvalue weighted by Gasteiger charge is -2.26. The van der Waals surface area contributed by atoms with E-state index in [0.717, 1.165) is 6.07 Å². The molecule has 1 aromatic heterocycles. The van der Waals surface area contributed by atoms with Crippen molar-refractivity contribution in [2.24, 2.45) is 0 Å². The van der Waals surface area contributed by atoms with Gasteiger partial charge in [0.2, 0.25) is 11.9 Å². The van der Waals surface area contributed by atoms with E-state index in [0.29, 0.717) is 13.0 Å². The summed E-state index contributed by atoms with van der Waals surface area (Å²) in [7, 11) is 0. The predicted octanol–water partition coefficient (Wildman–Crippen LogP) is 2.27. The zero-order valence-electron chi connectivity index (χ0n) is 12.9. The zero-order chi connectivity index (χ0) is 16.5. The van der Waals surface area contributed by atoms with Crippen LogP contribution in [-0.2, 0) is 11.2 Å². The average Bonchev–Trinajstić information content (AvgIpc) is 2.74. The third-order valence-electron chi connectivity index (χ3n) is 3.40. The van der Waals surface area contributed by atoms with E-state index in [4.69, 9.17) is 4.74 Å². The van der Waals surface area contributed by atoms with E-state index in [-0.39, 0.29) is 18.5 Å². The van der Waals surface area contributed by atoms with E-state index in [1.54, 1.807) is 20.8 Å². The van der Waals surface area contributed by atoms with Gasteiger partial charge in [-0.25, -0.2) is 4.79 Å². The van der Waals surface area contributed by atoms with E-state index in [1.165, 1.54) is 11.0 Å². The molecule has 1 N–H and O–H groups in total. The molecule has 122 valence electrons. The molecule has 22 heavy (non-hydrogen) atoms. The van der Waals surface area contributed by atoms with Gasteiger partial charge in [-0.3, -0.25) is 0 Å². The molecule has 1 aliphatic rings. The van der Waals surface area contributed by atoms with E-state index in [2.05, 4.69) is 4.98 Å². The summed E-state index contributed by atoms with van der Waals surface area (Å²) in [5, 5.41) is 10.5. The highest BCUT2D eigenvalue weighted by atomic mass is 19.1. The lowest BCUT2D eigenvalue weighted by Crippen LogP contribution is -2.40. The number of nitrogens with zero attached hydrogens (tertiary/aromatic N) is 2. The second-order valence-corrected chi connectivity index (χ2v) is 6.64. The van der Waals surface area contributed by atoms with Gasteiger partial charge in [-0.15, -0.1) is 0 Å². The third-order valence-corrected chi connectivity index (χ3v) is 3.40. The highest BCUT2D eigenvalue weighted by molar-refractivity contribution is 5.68. The molecule has 0 spiro atoms. The molecule has 1 unspecified atom stereocenters. The minimum atomic E-state index is -1.27. The number of hydrogen-bond donors (Lipinski definition) is 1. The van der Waals surface area contributed by atoms with Crippen molar-refractivity contribution >= 4 is 6.09 Å². The summed E-state index contributed by atoms with van der Waals surface area (Å²) in [6.45, 7) is 5.63. The number of rotatable bonds is 2.